The standard InChI is InChI=1S/C16H26N2S/c1-13-11-18(12-16(2,3)19-4)15(10-17-13)14-8-6-5-7-9-14/h5-9,13,15,17H,10-12H2,1-4H3. The maximum absolute atomic E-state index is 3.62. The van der Waals surface area contributed by atoms with E-state index in [0.717, 1.165) is 19.6 Å². The van der Waals surface area contributed by atoms with Gasteiger partial charge in [-0.2, -0.15) is 11.8 Å². The molecule has 1 aliphatic rings. The molecule has 2 unspecified atom stereocenters. The summed E-state index contributed by atoms with van der Waals surface area (Å²) in [6.07, 6.45) is 2.21. The van der Waals surface area contributed by atoms with Crippen LogP contribution < -0.4 is 5.32 Å². The second-order valence-corrected chi connectivity index (χ2v) is 7.64. The summed E-state index contributed by atoms with van der Waals surface area (Å²) in [5, 5.41) is 3.62. The first-order valence-corrected chi connectivity index (χ1v) is 8.32. The molecule has 2 rings (SSSR count). The Morgan fingerprint density at radius 1 is 1.32 bits per heavy atom. The van der Waals surface area contributed by atoms with Crippen LogP contribution in [0.5, 0.6) is 0 Å². The summed E-state index contributed by atoms with van der Waals surface area (Å²) in [5.41, 5.74) is 1.43. The molecule has 19 heavy (non-hydrogen) atoms. The van der Waals surface area contributed by atoms with Crippen LogP contribution in [-0.4, -0.2) is 41.6 Å². The predicted molar refractivity (Wildman–Crippen MR) is 85.8 cm³/mol. The first-order valence-electron chi connectivity index (χ1n) is 7.09. The maximum atomic E-state index is 3.62. The minimum Gasteiger partial charge on any atom is -0.311 e. The Bertz CT molecular complexity index is 391. The van der Waals surface area contributed by atoms with E-state index in [1.807, 2.05) is 11.8 Å². The molecule has 1 heterocycles. The van der Waals surface area contributed by atoms with E-state index in [0.29, 0.717) is 16.8 Å². The van der Waals surface area contributed by atoms with E-state index in [4.69, 9.17) is 0 Å². The molecule has 0 aromatic heterocycles. The lowest BCUT2D eigenvalue weighted by Gasteiger charge is -2.43. The van der Waals surface area contributed by atoms with Crippen molar-refractivity contribution in [3.8, 4) is 0 Å². The second kappa shape index (κ2) is 6.29. The van der Waals surface area contributed by atoms with Crippen molar-refractivity contribution in [2.45, 2.75) is 37.6 Å². The van der Waals surface area contributed by atoms with Crippen molar-refractivity contribution in [1.29, 1.82) is 0 Å². The predicted octanol–water partition coefficient (Wildman–Crippen LogP) is 3.16. The summed E-state index contributed by atoms with van der Waals surface area (Å²) >= 11 is 1.96. The smallest absolute Gasteiger partial charge is 0.0474 e. The minimum atomic E-state index is 0.310. The van der Waals surface area contributed by atoms with Crippen LogP contribution in [0.25, 0.3) is 0 Å². The molecular weight excluding hydrogens is 252 g/mol. The van der Waals surface area contributed by atoms with Gasteiger partial charge in [0.1, 0.15) is 0 Å². The number of hydrogen-bond acceptors (Lipinski definition) is 3. The van der Waals surface area contributed by atoms with Crippen molar-refractivity contribution in [2.75, 3.05) is 25.9 Å². The Hall–Kier alpha value is -0.510. The van der Waals surface area contributed by atoms with Gasteiger partial charge in [-0.3, -0.25) is 4.90 Å². The fraction of sp³-hybridized carbons (Fsp3) is 0.625. The average Bonchev–Trinajstić information content (AvgIpc) is 2.39. The summed E-state index contributed by atoms with van der Waals surface area (Å²) in [7, 11) is 0. The molecule has 2 atom stereocenters. The average molecular weight is 278 g/mol. The van der Waals surface area contributed by atoms with Crippen molar-refractivity contribution in [2.24, 2.45) is 0 Å². The lowest BCUT2D eigenvalue weighted by Crippen LogP contribution is -2.53. The van der Waals surface area contributed by atoms with E-state index in [9.17, 15) is 0 Å². The fourth-order valence-corrected chi connectivity index (χ4v) is 3.01. The topological polar surface area (TPSA) is 15.3 Å². The largest absolute Gasteiger partial charge is 0.311 e. The Labute approximate surface area is 122 Å². The van der Waals surface area contributed by atoms with Gasteiger partial charge in [-0.15, -0.1) is 0 Å². The van der Waals surface area contributed by atoms with Crippen LogP contribution in [0.15, 0.2) is 30.3 Å². The number of hydrogen-bond donors (Lipinski definition) is 1. The van der Waals surface area contributed by atoms with Crippen LogP contribution in [-0.2, 0) is 0 Å². The van der Waals surface area contributed by atoms with Gasteiger partial charge in [-0.05, 0) is 32.6 Å². The molecule has 2 nitrogen and oxygen atoms in total. The van der Waals surface area contributed by atoms with Crippen LogP contribution in [0.1, 0.15) is 32.4 Å². The van der Waals surface area contributed by atoms with Gasteiger partial charge >= 0.3 is 0 Å². The first kappa shape index (κ1) is 14.9. The molecule has 1 fully saturated rings. The lowest BCUT2D eigenvalue weighted by molar-refractivity contribution is 0.127. The molecule has 1 aromatic rings. The third-order valence-corrected chi connectivity index (χ3v) is 5.16. The van der Waals surface area contributed by atoms with Gasteiger partial charge in [-0.1, -0.05) is 30.3 Å². The first-order chi connectivity index (χ1) is 9.02. The van der Waals surface area contributed by atoms with E-state index >= 15 is 0 Å². The van der Waals surface area contributed by atoms with Gasteiger partial charge in [0.25, 0.3) is 0 Å². The molecule has 1 aromatic carbocycles. The molecule has 0 amide bonds. The van der Waals surface area contributed by atoms with E-state index in [-0.39, 0.29) is 0 Å². The zero-order chi connectivity index (χ0) is 13.9. The van der Waals surface area contributed by atoms with Crippen molar-refractivity contribution < 1.29 is 0 Å². The van der Waals surface area contributed by atoms with Crippen LogP contribution in [0, 0.1) is 0 Å². The molecular formula is C16H26N2S. The van der Waals surface area contributed by atoms with Crippen molar-refractivity contribution in [3.63, 3.8) is 0 Å². The Morgan fingerprint density at radius 3 is 2.63 bits per heavy atom. The number of rotatable bonds is 4. The number of nitrogens with one attached hydrogen (secondary N) is 1. The van der Waals surface area contributed by atoms with Crippen molar-refractivity contribution >= 4 is 11.8 Å². The third kappa shape index (κ3) is 3.98. The highest BCUT2D eigenvalue weighted by molar-refractivity contribution is 7.99. The Balaban J connectivity index is 2.15. The molecule has 3 heteroatoms. The lowest BCUT2D eigenvalue weighted by atomic mass is 10.00. The van der Waals surface area contributed by atoms with Gasteiger partial charge in [0.05, 0.1) is 0 Å². The van der Waals surface area contributed by atoms with Crippen molar-refractivity contribution in [1.82, 2.24) is 10.2 Å². The number of piperazine rings is 1. The van der Waals surface area contributed by atoms with E-state index in [1.54, 1.807) is 0 Å². The zero-order valence-electron chi connectivity index (χ0n) is 12.5. The molecule has 106 valence electrons. The van der Waals surface area contributed by atoms with Gasteiger partial charge in [0.2, 0.25) is 0 Å². The highest BCUT2D eigenvalue weighted by Crippen LogP contribution is 2.29. The summed E-state index contributed by atoms with van der Waals surface area (Å²) in [6.45, 7) is 10.3. The summed E-state index contributed by atoms with van der Waals surface area (Å²) in [6, 6.07) is 12.0. The SMILES string of the molecule is CSC(C)(C)CN1CC(C)NCC1c1ccccc1. The normalized spacial score (nSPS) is 25.5. The zero-order valence-corrected chi connectivity index (χ0v) is 13.3. The van der Waals surface area contributed by atoms with Gasteiger partial charge in [0.15, 0.2) is 0 Å². The van der Waals surface area contributed by atoms with Crippen LogP contribution in [0.4, 0.5) is 0 Å². The fourth-order valence-electron chi connectivity index (χ4n) is 2.72. The second-order valence-electron chi connectivity index (χ2n) is 6.13. The number of benzene rings is 1. The highest BCUT2D eigenvalue weighted by Gasteiger charge is 2.31. The van der Waals surface area contributed by atoms with Gasteiger partial charge in [-0.25, -0.2) is 0 Å². The van der Waals surface area contributed by atoms with Gasteiger partial charge in [0, 0.05) is 36.5 Å². The quantitative estimate of drug-likeness (QED) is 0.911. The molecule has 0 spiro atoms. The highest BCUT2D eigenvalue weighted by atomic mass is 32.2. The van der Waals surface area contributed by atoms with Gasteiger partial charge < -0.3 is 5.32 Å². The summed E-state index contributed by atoms with van der Waals surface area (Å²) in [4.78, 5) is 2.65. The Kier molecular flexibility index (Phi) is 4.93. The third-order valence-electron chi connectivity index (χ3n) is 3.93. The summed E-state index contributed by atoms with van der Waals surface area (Å²) in [5.74, 6) is 0. The maximum Gasteiger partial charge on any atom is 0.0474 e. The van der Waals surface area contributed by atoms with Crippen LogP contribution >= 0.6 is 11.8 Å². The van der Waals surface area contributed by atoms with E-state index < -0.39 is 0 Å². The molecule has 1 saturated heterocycles. The van der Waals surface area contributed by atoms with E-state index in [1.165, 1.54) is 5.56 Å². The molecule has 0 saturated carbocycles. The Morgan fingerprint density at radius 2 is 2.00 bits per heavy atom. The van der Waals surface area contributed by atoms with E-state index in [2.05, 4.69) is 67.6 Å². The molecule has 0 aliphatic carbocycles. The van der Waals surface area contributed by atoms with Crippen LogP contribution in [0.2, 0.25) is 0 Å². The summed E-state index contributed by atoms with van der Waals surface area (Å²) < 4.78 is 0.310. The molecule has 0 bridgehead atoms. The molecule has 0 radical (unpaired) electrons. The van der Waals surface area contributed by atoms with Crippen LogP contribution in [0.3, 0.4) is 0 Å². The minimum absolute atomic E-state index is 0.310. The molecule has 1 N–H and O–H groups in total. The monoisotopic (exact) mass is 278 g/mol. The molecule has 1 aliphatic heterocycles. The van der Waals surface area contributed by atoms with Crippen molar-refractivity contribution in [3.05, 3.63) is 35.9 Å². The number of thioether (sulfide) groups is 1. The number of nitrogens with zero attached hydrogens (tertiary/aromatic N) is 1.